The van der Waals surface area contributed by atoms with Crippen molar-refractivity contribution in [3.63, 3.8) is 0 Å². The van der Waals surface area contributed by atoms with Gasteiger partial charge in [-0.25, -0.2) is 0 Å². The van der Waals surface area contributed by atoms with Crippen LogP contribution in [0.15, 0.2) is 12.1 Å². The molecule has 0 aliphatic carbocycles. The Hall–Kier alpha value is -0.340. The summed E-state index contributed by atoms with van der Waals surface area (Å²) in [5.74, 6) is 0.759. The number of hydrogen-bond acceptors (Lipinski definition) is 2. The molecule has 0 aromatic carbocycles. The molecule has 0 bridgehead atoms. The Balaban J connectivity index is 2.61. The fourth-order valence-corrected chi connectivity index (χ4v) is 3.75. The molecule has 1 aromatic rings. The highest BCUT2D eigenvalue weighted by Gasteiger charge is 2.20. The third-order valence-corrected chi connectivity index (χ3v) is 4.66. The van der Waals surface area contributed by atoms with E-state index in [0.29, 0.717) is 11.5 Å². The highest BCUT2D eigenvalue weighted by atomic mass is 32.1. The van der Waals surface area contributed by atoms with Crippen LogP contribution in [0, 0.1) is 11.3 Å². The lowest BCUT2D eigenvalue weighted by Gasteiger charge is -2.26. The molecule has 2 unspecified atom stereocenters. The topological polar surface area (TPSA) is 12.0 Å². The molecule has 1 N–H and O–H groups in total. The summed E-state index contributed by atoms with van der Waals surface area (Å²) in [5, 5.41) is 3.48. The van der Waals surface area contributed by atoms with Gasteiger partial charge >= 0.3 is 0 Å². The smallest absolute Gasteiger partial charge is 0.0415 e. The maximum Gasteiger partial charge on any atom is 0.0415 e. The highest BCUT2D eigenvalue weighted by Crippen LogP contribution is 2.32. The Kier molecular flexibility index (Phi) is 5.87. The van der Waals surface area contributed by atoms with Gasteiger partial charge in [0.25, 0.3) is 0 Å². The predicted molar refractivity (Wildman–Crippen MR) is 83.4 cm³/mol. The Morgan fingerprint density at radius 3 is 2.39 bits per heavy atom. The number of thiophene rings is 1. The van der Waals surface area contributed by atoms with E-state index in [4.69, 9.17) is 0 Å². The summed E-state index contributed by atoms with van der Waals surface area (Å²) in [6.07, 6.45) is 3.67. The molecule has 0 spiro atoms. The second-order valence-corrected chi connectivity index (χ2v) is 7.80. The summed E-state index contributed by atoms with van der Waals surface area (Å²) in [5.41, 5.74) is 0.432. The lowest BCUT2D eigenvalue weighted by atomic mass is 9.83. The second-order valence-electron chi connectivity index (χ2n) is 6.60. The van der Waals surface area contributed by atoms with Gasteiger partial charge in [-0.05, 0) is 49.8 Å². The van der Waals surface area contributed by atoms with Crippen LogP contribution in [-0.2, 0) is 6.42 Å². The first-order chi connectivity index (χ1) is 8.35. The van der Waals surface area contributed by atoms with Crippen LogP contribution in [0.5, 0.6) is 0 Å². The van der Waals surface area contributed by atoms with Gasteiger partial charge in [0.1, 0.15) is 0 Å². The Morgan fingerprint density at radius 2 is 1.94 bits per heavy atom. The van der Waals surface area contributed by atoms with Crippen molar-refractivity contribution in [3.8, 4) is 0 Å². The summed E-state index contributed by atoms with van der Waals surface area (Å²) < 4.78 is 0. The number of nitrogens with one attached hydrogen (secondary N) is 1. The number of rotatable bonds is 6. The van der Waals surface area contributed by atoms with Gasteiger partial charge in [0, 0.05) is 15.8 Å². The van der Waals surface area contributed by atoms with Crippen LogP contribution in [-0.4, -0.2) is 7.05 Å². The average Bonchev–Trinajstić information content (AvgIpc) is 2.71. The van der Waals surface area contributed by atoms with Gasteiger partial charge in [-0.1, -0.05) is 34.6 Å². The van der Waals surface area contributed by atoms with E-state index in [0.717, 1.165) is 12.3 Å². The van der Waals surface area contributed by atoms with Gasteiger partial charge in [-0.3, -0.25) is 0 Å². The minimum Gasteiger partial charge on any atom is -0.312 e. The lowest BCUT2D eigenvalue weighted by molar-refractivity contribution is 0.280. The van der Waals surface area contributed by atoms with E-state index >= 15 is 0 Å². The molecule has 2 atom stereocenters. The molecule has 104 valence electrons. The largest absolute Gasteiger partial charge is 0.312 e. The minimum absolute atomic E-state index is 0.432. The fraction of sp³-hybridized carbons (Fsp3) is 0.750. The Morgan fingerprint density at radius 1 is 1.28 bits per heavy atom. The average molecular weight is 267 g/mol. The van der Waals surface area contributed by atoms with Gasteiger partial charge < -0.3 is 5.32 Å². The van der Waals surface area contributed by atoms with Crippen molar-refractivity contribution >= 4 is 11.3 Å². The van der Waals surface area contributed by atoms with Crippen LogP contribution >= 0.6 is 11.3 Å². The molecule has 0 amide bonds. The van der Waals surface area contributed by atoms with Crippen molar-refractivity contribution in [3.05, 3.63) is 21.9 Å². The van der Waals surface area contributed by atoms with E-state index < -0.39 is 0 Å². The van der Waals surface area contributed by atoms with Gasteiger partial charge in [0.15, 0.2) is 0 Å². The quantitative estimate of drug-likeness (QED) is 0.762. The van der Waals surface area contributed by atoms with E-state index in [1.165, 1.54) is 22.6 Å². The van der Waals surface area contributed by atoms with Crippen LogP contribution in [0.4, 0.5) is 0 Å². The molecule has 1 nitrogen and oxygen atoms in total. The SMILES string of the molecule is CCc1ccc(C(CC(C)CC(C)(C)C)NC)s1. The third-order valence-electron chi connectivity index (χ3n) is 3.32. The molecule has 1 aromatic heterocycles. The van der Waals surface area contributed by atoms with E-state index in [9.17, 15) is 0 Å². The van der Waals surface area contributed by atoms with E-state index in [2.05, 4.69) is 59.1 Å². The van der Waals surface area contributed by atoms with Crippen molar-refractivity contribution in [1.82, 2.24) is 5.32 Å². The molecule has 0 fully saturated rings. The molecule has 0 radical (unpaired) electrons. The molecule has 0 saturated carbocycles. The molecule has 0 aliphatic rings. The van der Waals surface area contributed by atoms with Crippen molar-refractivity contribution in [2.24, 2.45) is 11.3 Å². The number of aryl methyl sites for hydroxylation is 1. The van der Waals surface area contributed by atoms with Crippen LogP contribution in [0.1, 0.15) is 63.3 Å². The standard InChI is InChI=1S/C16H29NS/c1-7-13-8-9-15(18-13)14(17-6)10-12(2)11-16(3,4)5/h8-9,12,14,17H,7,10-11H2,1-6H3. The molecule has 18 heavy (non-hydrogen) atoms. The lowest BCUT2D eigenvalue weighted by Crippen LogP contribution is -2.20. The summed E-state index contributed by atoms with van der Waals surface area (Å²) in [7, 11) is 2.08. The van der Waals surface area contributed by atoms with Crippen LogP contribution in [0.25, 0.3) is 0 Å². The molecular formula is C16H29NS. The highest BCUT2D eigenvalue weighted by molar-refractivity contribution is 7.12. The summed E-state index contributed by atoms with van der Waals surface area (Å²) in [6, 6.07) is 5.10. The molecule has 0 saturated heterocycles. The first-order valence-electron chi connectivity index (χ1n) is 7.11. The minimum atomic E-state index is 0.432. The van der Waals surface area contributed by atoms with Crippen molar-refractivity contribution in [1.29, 1.82) is 0 Å². The summed E-state index contributed by atoms with van der Waals surface area (Å²) >= 11 is 1.96. The summed E-state index contributed by atoms with van der Waals surface area (Å²) in [4.78, 5) is 2.99. The zero-order valence-electron chi connectivity index (χ0n) is 12.8. The second kappa shape index (κ2) is 6.72. The van der Waals surface area contributed by atoms with E-state index in [-0.39, 0.29) is 0 Å². The van der Waals surface area contributed by atoms with Gasteiger partial charge in [-0.2, -0.15) is 0 Å². The molecule has 2 heteroatoms. The zero-order valence-corrected chi connectivity index (χ0v) is 13.7. The Labute approximate surface area is 117 Å². The van der Waals surface area contributed by atoms with Crippen LogP contribution < -0.4 is 5.32 Å². The molecule has 0 aliphatic heterocycles. The predicted octanol–water partition coefficient (Wildman–Crippen LogP) is 5.03. The van der Waals surface area contributed by atoms with Crippen molar-refractivity contribution in [2.75, 3.05) is 7.05 Å². The normalized spacial score (nSPS) is 15.7. The van der Waals surface area contributed by atoms with Crippen LogP contribution in [0.2, 0.25) is 0 Å². The number of hydrogen-bond donors (Lipinski definition) is 1. The summed E-state index contributed by atoms with van der Waals surface area (Å²) in [6.45, 7) is 11.6. The molecule has 1 rings (SSSR count). The van der Waals surface area contributed by atoms with Gasteiger partial charge in [0.2, 0.25) is 0 Å². The first-order valence-corrected chi connectivity index (χ1v) is 7.93. The van der Waals surface area contributed by atoms with Crippen molar-refractivity contribution < 1.29 is 0 Å². The van der Waals surface area contributed by atoms with Crippen molar-refractivity contribution in [2.45, 2.75) is 59.9 Å². The van der Waals surface area contributed by atoms with Gasteiger partial charge in [0.05, 0.1) is 0 Å². The molecule has 1 heterocycles. The third kappa shape index (κ3) is 5.11. The molecular weight excluding hydrogens is 238 g/mol. The fourth-order valence-electron chi connectivity index (χ4n) is 2.68. The maximum absolute atomic E-state index is 3.48. The van der Waals surface area contributed by atoms with E-state index in [1.807, 2.05) is 11.3 Å². The van der Waals surface area contributed by atoms with Crippen LogP contribution in [0.3, 0.4) is 0 Å². The Bertz CT molecular complexity index is 348. The first kappa shape index (κ1) is 15.7. The van der Waals surface area contributed by atoms with E-state index in [1.54, 1.807) is 0 Å². The monoisotopic (exact) mass is 267 g/mol. The zero-order chi connectivity index (χ0) is 13.8. The van der Waals surface area contributed by atoms with Gasteiger partial charge in [-0.15, -0.1) is 11.3 Å². The maximum atomic E-state index is 3.48.